The number of halogens is 1. The van der Waals surface area contributed by atoms with E-state index in [1.54, 1.807) is 17.0 Å². The number of benzene rings is 3. The van der Waals surface area contributed by atoms with Crippen molar-refractivity contribution in [3.63, 3.8) is 0 Å². The molecule has 0 saturated carbocycles. The molecule has 0 radical (unpaired) electrons. The zero-order valence-corrected chi connectivity index (χ0v) is 20.5. The van der Waals surface area contributed by atoms with Crippen LogP contribution in [0.25, 0.3) is 0 Å². The van der Waals surface area contributed by atoms with Crippen molar-refractivity contribution in [1.29, 1.82) is 0 Å². The molecular weight excluding hydrogens is 504 g/mol. The first-order chi connectivity index (χ1) is 15.8. The van der Waals surface area contributed by atoms with Gasteiger partial charge in [-0.1, -0.05) is 34.1 Å². The number of anilines is 2. The summed E-state index contributed by atoms with van der Waals surface area (Å²) < 4.78 is 34.4. The predicted molar refractivity (Wildman–Crippen MR) is 131 cm³/mol. The number of hydrogen-bond donors (Lipinski definition) is 0. The maximum absolute atomic E-state index is 13.1. The van der Waals surface area contributed by atoms with Crippen LogP contribution in [0.3, 0.4) is 0 Å². The Balaban J connectivity index is 1.27. The van der Waals surface area contributed by atoms with Gasteiger partial charge in [-0.15, -0.1) is 0 Å². The molecule has 3 aromatic rings. The third kappa shape index (κ3) is 4.02. The van der Waals surface area contributed by atoms with Gasteiger partial charge in [0.25, 0.3) is 15.9 Å². The molecule has 0 aliphatic carbocycles. The first-order valence-corrected chi connectivity index (χ1v) is 13.0. The van der Waals surface area contributed by atoms with Crippen molar-refractivity contribution in [3.05, 3.63) is 82.3 Å². The van der Waals surface area contributed by atoms with Gasteiger partial charge < -0.3 is 9.64 Å². The molecule has 6 nitrogen and oxygen atoms in total. The number of carbonyl (C=O) groups excluding carboxylic acids is 1. The number of amides is 1. The van der Waals surface area contributed by atoms with Crippen molar-refractivity contribution in [3.8, 4) is 5.75 Å². The standard InChI is InChI=1S/C25H23BrN2O4S/c1-17-14-19-15-20(26)6-11-24(19)28(17)25(29)16-32-21-7-9-22(10-8-21)33(30,31)27-13-12-18-4-2-3-5-23(18)27/h2-11,15,17H,12-14,16H2,1H3/t17-/m0/s1. The SMILES string of the molecule is C[C@H]1Cc2cc(Br)ccc2N1C(=O)COc1ccc(S(=O)(=O)N2CCc3ccccc32)cc1. The van der Waals surface area contributed by atoms with E-state index >= 15 is 0 Å². The smallest absolute Gasteiger partial charge is 0.265 e. The third-order valence-electron chi connectivity index (χ3n) is 6.14. The van der Waals surface area contributed by atoms with Crippen LogP contribution in [0.5, 0.6) is 5.75 Å². The molecule has 0 spiro atoms. The number of ether oxygens (including phenoxy) is 1. The van der Waals surface area contributed by atoms with E-state index < -0.39 is 10.0 Å². The van der Waals surface area contributed by atoms with Crippen molar-refractivity contribution >= 4 is 43.2 Å². The Bertz CT molecular complexity index is 1320. The van der Waals surface area contributed by atoms with Gasteiger partial charge in [0.15, 0.2) is 6.61 Å². The highest BCUT2D eigenvalue weighted by Crippen LogP contribution is 2.35. The summed E-state index contributed by atoms with van der Waals surface area (Å²) >= 11 is 3.48. The van der Waals surface area contributed by atoms with Crippen LogP contribution in [-0.2, 0) is 27.7 Å². The predicted octanol–water partition coefficient (Wildman–Crippen LogP) is 4.56. The topological polar surface area (TPSA) is 66.9 Å². The molecule has 2 heterocycles. The van der Waals surface area contributed by atoms with Gasteiger partial charge in [0, 0.05) is 22.7 Å². The summed E-state index contributed by atoms with van der Waals surface area (Å²) in [5, 5.41) is 0. The van der Waals surface area contributed by atoms with Crippen molar-refractivity contribution in [2.75, 3.05) is 22.4 Å². The fourth-order valence-corrected chi connectivity index (χ4v) is 6.50. The highest BCUT2D eigenvalue weighted by atomic mass is 79.9. The molecule has 3 aromatic carbocycles. The molecule has 8 heteroatoms. The van der Waals surface area contributed by atoms with Gasteiger partial charge in [0.05, 0.1) is 10.6 Å². The second-order valence-corrected chi connectivity index (χ2v) is 11.1. The molecule has 0 unspecified atom stereocenters. The van der Waals surface area contributed by atoms with Gasteiger partial charge >= 0.3 is 0 Å². The maximum atomic E-state index is 13.1. The van der Waals surface area contributed by atoms with E-state index in [0.29, 0.717) is 18.7 Å². The molecule has 2 aliphatic heterocycles. The molecule has 1 amide bonds. The Kier molecular flexibility index (Phi) is 5.66. The Labute approximate surface area is 202 Å². The monoisotopic (exact) mass is 526 g/mol. The van der Waals surface area contributed by atoms with Crippen LogP contribution >= 0.6 is 15.9 Å². The highest BCUT2D eigenvalue weighted by Gasteiger charge is 2.32. The highest BCUT2D eigenvalue weighted by molar-refractivity contribution is 9.10. The molecule has 0 bridgehead atoms. The fourth-order valence-electron chi connectivity index (χ4n) is 4.59. The van der Waals surface area contributed by atoms with Crippen LogP contribution in [0.4, 0.5) is 11.4 Å². The summed E-state index contributed by atoms with van der Waals surface area (Å²) in [7, 11) is -3.66. The zero-order chi connectivity index (χ0) is 23.2. The molecule has 33 heavy (non-hydrogen) atoms. The van der Waals surface area contributed by atoms with Crippen LogP contribution in [0.2, 0.25) is 0 Å². The van der Waals surface area contributed by atoms with Gasteiger partial charge in [-0.2, -0.15) is 0 Å². The van der Waals surface area contributed by atoms with E-state index in [2.05, 4.69) is 15.9 Å². The summed E-state index contributed by atoms with van der Waals surface area (Å²) in [5.41, 5.74) is 3.80. The van der Waals surface area contributed by atoms with Crippen molar-refractivity contribution < 1.29 is 17.9 Å². The van der Waals surface area contributed by atoms with E-state index in [9.17, 15) is 13.2 Å². The number of sulfonamides is 1. The van der Waals surface area contributed by atoms with Crippen LogP contribution in [0.15, 0.2) is 76.1 Å². The Morgan fingerprint density at radius 2 is 1.79 bits per heavy atom. The molecule has 0 N–H and O–H groups in total. The summed E-state index contributed by atoms with van der Waals surface area (Å²) in [4.78, 5) is 14.8. The molecular formula is C25H23BrN2O4S. The van der Waals surface area contributed by atoms with Crippen LogP contribution in [-0.4, -0.2) is 33.5 Å². The molecule has 0 fully saturated rings. The van der Waals surface area contributed by atoms with Crippen molar-refractivity contribution in [2.45, 2.75) is 30.7 Å². The minimum atomic E-state index is -3.66. The lowest BCUT2D eigenvalue weighted by molar-refractivity contribution is -0.120. The number of carbonyl (C=O) groups is 1. The number of fused-ring (bicyclic) bond motifs is 2. The average Bonchev–Trinajstić information content (AvgIpc) is 3.38. The lowest BCUT2D eigenvalue weighted by atomic mass is 10.1. The fraction of sp³-hybridized carbons (Fsp3) is 0.240. The minimum absolute atomic E-state index is 0.0567. The first kappa shape index (κ1) is 22.0. The summed E-state index contributed by atoms with van der Waals surface area (Å²) in [5.74, 6) is 0.320. The molecule has 2 aliphatic rings. The summed E-state index contributed by atoms with van der Waals surface area (Å²) in [6.07, 6.45) is 1.50. The second-order valence-electron chi connectivity index (χ2n) is 8.31. The molecule has 1 atom stereocenters. The number of hydrogen-bond acceptors (Lipinski definition) is 4. The third-order valence-corrected chi connectivity index (χ3v) is 8.47. The summed E-state index contributed by atoms with van der Waals surface area (Å²) in [6, 6.07) is 19.8. The zero-order valence-electron chi connectivity index (χ0n) is 18.1. The largest absolute Gasteiger partial charge is 0.484 e. The normalized spacial score (nSPS) is 17.1. The van der Waals surface area contributed by atoms with Gasteiger partial charge in [0.1, 0.15) is 5.75 Å². The van der Waals surface area contributed by atoms with E-state index in [1.165, 1.54) is 16.4 Å². The van der Waals surface area contributed by atoms with E-state index in [4.69, 9.17) is 4.74 Å². The van der Waals surface area contributed by atoms with E-state index in [0.717, 1.165) is 33.4 Å². The quantitative estimate of drug-likeness (QED) is 0.488. The van der Waals surface area contributed by atoms with Gasteiger partial charge in [-0.3, -0.25) is 9.10 Å². The van der Waals surface area contributed by atoms with Gasteiger partial charge in [-0.25, -0.2) is 8.42 Å². The van der Waals surface area contributed by atoms with Crippen molar-refractivity contribution in [2.24, 2.45) is 0 Å². The van der Waals surface area contributed by atoms with Gasteiger partial charge in [0.2, 0.25) is 0 Å². The first-order valence-electron chi connectivity index (χ1n) is 10.8. The number of rotatable bonds is 5. The van der Waals surface area contributed by atoms with Crippen LogP contribution in [0.1, 0.15) is 18.1 Å². The number of nitrogens with zero attached hydrogens (tertiary/aromatic N) is 2. The number of para-hydroxylation sites is 1. The van der Waals surface area contributed by atoms with E-state index in [1.807, 2.05) is 49.4 Å². The molecule has 5 rings (SSSR count). The van der Waals surface area contributed by atoms with Crippen molar-refractivity contribution in [1.82, 2.24) is 0 Å². The second kappa shape index (κ2) is 8.50. The lowest BCUT2D eigenvalue weighted by Gasteiger charge is -2.23. The summed E-state index contributed by atoms with van der Waals surface area (Å²) in [6.45, 7) is 2.33. The minimum Gasteiger partial charge on any atom is -0.484 e. The Morgan fingerprint density at radius 1 is 1.03 bits per heavy atom. The Morgan fingerprint density at radius 3 is 2.58 bits per heavy atom. The molecule has 170 valence electrons. The average molecular weight is 527 g/mol. The van der Waals surface area contributed by atoms with Crippen LogP contribution < -0.4 is 13.9 Å². The Hall–Kier alpha value is -2.84. The van der Waals surface area contributed by atoms with Gasteiger partial charge in [-0.05, 0) is 79.4 Å². The lowest BCUT2D eigenvalue weighted by Crippen LogP contribution is -2.39. The van der Waals surface area contributed by atoms with Crippen LogP contribution in [0, 0.1) is 0 Å². The molecule has 0 aromatic heterocycles. The molecule has 0 saturated heterocycles. The maximum Gasteiger partial charge on any atom is 0.265 e. The van der Waals surface area contributed by atoms with E-state index in [-0.39, 0.29) is 23.5 Å².